The van der Waals surface area contributed by atoms with Crippen LogP contribution in [0.15, 0.2) is 0 Å². The van der Waals surface area contributed by atoms with Gasteiger partial charge in [-0.25, -0.2) is 9.59 Å². The predicted molar refractivity (Wildman–Crippen MR) is 64.6 cm³/mol. The summed E-state index contributed by atoms with van der Waals surface area (Å²) in [6.45, 7) is 11.0. The third kappa shape index (κ3) is 6.81. The standard InChI is InChI=1S/C12H23NO4/c1-7-16-10(14)9(8(2)3)13-11(15)17-12(4,5)6/h8-9H,7H2,1-6H3,(H,13,15)/t9-/m1/s1. The highest BCUT2D eigenvalue weighted by Crippen LogP contribution is 2.09. The van der Waals surface area contributed by atoms with Crippen molar-refractivity contribution in [3.8, 4) is 0 Å². The maximum absolute atomic E-state index is 11.6. The number of esters is 1. The van der Waals surface area contributed by atoms with Crippen LogP contribution in [0.2, 0.25) is 0 Å². The van der Waals surface area contributed by atoms with Crippen molar-refractivity contribution in [2.24, 2.45) is 5.92 Å². The molecule has 0 unspecified atom stereocenters. The van der Waals surface area contributed by atoms with Gasteiger partial charge in [-0.3, -0.25) is 0 Å². The first-order valence-corrected chi connectivity index (χ1v) is 5.83. The fraction of sp³-hybridized carbons (Fsp3) is 0.833. The van der Waals surface area contributed by atoms with Gasteiger partial charge in [-0.15, -0.1) is 0 Å². The SMILES string of the molecule is CCOC(=O)[C@H](NC(=O)OC(C)(C)C)C(C)C. The molecule has 5 nitrogen and oxygen atoms in total. The first kappa shape index (κ1) is 15.7. The molecule has 0 saturated carbocycles. The van der Waals surface area contributed by atoms with Crippen molar-refractivity contribution in [3.63, 3.8) is 0 Å². The lowest BCUT2D eigenvalue weighted by molar-refractivity contribution is -0.146. The molecule has 0 rings (SSSR count). The van der Waals surface area contributed by atoms with E-state index >= 15 is 0 Å². The van der Waals surface area contributed by atoms with Crippen LogP contribution in [-0.4, -0.2) is 30.3 Å². The van der Waals surface area contributed by atoms with Crippen LogP contribution >= 0.6 is 0 Å². The Labute approximate surface area is 103 Å². The van der Waals surface area contributed by atoms with Crippen LogP contribution in [0.3, 0.4) is 0 Å². The van der Waals surface area contributed by atoms with Gasteiger partial charge in [0.15, 0.2) is 0 Å². The first-order valence-electron chi connectivity index (χ1n) is 5.83. The van der Waals surface area contributed by atoms with Crippen molar-refractivity contribution in [1.29, 1.82) is 0 Å². The minimum absolute atomic E-state index is 0.0541. The maximum atomic E-state index is 11.6. The second kappa shape index (κ2) is 6.47. The van der Waals surface area contributed by atoms with E-state index in [9.17, 15) is 9.59 Å². The maximum Gasteiger partial charge on any atom is 0.408 e. The van der Waals surface area contributed by atoms with Gasteiger partial charge in [0.25, 0.3) is 0 Å². The molecule has 0 aromatic rings. The van der Waals surface area contributed by atoms with Crippen molar-refractivity contribution in [1.82, 2.24) is 5.32 Å². The summed E-state index contributed by atoms with van der Waals surface area (Å²) in [5.41, 5.74) is -0.583. The Kier molecular flexibility index (Phi) is 5.99. The summed E-state index contributed by atoms with van der Waals surface area (Å²) < 4.78 is 9.98. The average molecular weight is 245 g/mol. The number of rotatable bonds is 4. The van der Waals surface area contributed by atoms with Gasteiger partial charge < -0.3 is 14.8 Å². The molecule has 0 fully saturated rings. The van der Waals surface area contributed by atoms with Crippen molar-refractivity contribution >= 4 is 12.1 Å². The van der Waals surface area contributed by atoms with E-state index in [-0.39, 0.29) is 12.5 Å². The number of hydrogen-bond donors (Lipinski definition) is 1. The summed E-state index contributed by atoms with van der Waals surface area (Å²) >= 11 is 0. The van der Waals surface area contributed by atoms with E-state index in [1.807, 2.05) is 13.8 Å². The second-order valence-electron chi connectivity index (χ2n) is 5.12. The fourth-order valence-corrected chi connectivity index (χ4v) is 1.16. The van der Waals surface area contributed by atoms with Gasteiger partial charge in [-0.05, 0) is 33.6 Å². The molecule has 0 spiro atoms. The van der Waals surface area contributed by atoms with Crippen molar-refractivity contribution in [2.45, 2.75) is 53.2 Å². The molecule has 0 heterocycles. The van der Waals surface area contributed by atoms with Gasteiger partial charge in [-0.2, -0.15) is 0 Å². The van der Waals surface area contributed by atoms with E-state index in [1.54, 1.807) is 27.7 Å². The van der Waals surface area contributed by atoms with Crippen LogP contribution in [0.1, 0.15) is 41.5 Å². The van der Waals surface area contributed by atoms with Gasteiger partial charge in [0.1, 0.15) is 11.6 Å². The van der Waals surface area contributed by atoms with Gasteiger partial charge in [0.2, 0.25) is 0 Å². The molecule has 0 aliphatic carbocycles. The molecular weight excluding hydrogens is 222 g/mol. The van der Waals surface area contributed by atoms with E-state index in [1.165, 1.54) is 0 Å². The van der Waals surface area contributed by atoms with Crippen LogP contribution in [0.25, 0.3) is 0 Å². The Bertz CT molecular complexity index is 268. The predicted octanol–water partition coefficient (Wildman–Crippen LogP) is 2.10. The van der Waals surface area contributed by atoms with E-state index in [4.69, 9.17) is 9.47 Å². The van der Waals surface area contributed by atoms with Crippen molar-refractivity contribution in [2.75, 3.05) is 6.61 Å². The summed E-state index contributed by atoms with van der Waals surface area (Å²) in [5.74, 6) is -0.491. The molecule has 5 heteroatoms. The number of ether oxygens (including phenoxy) is 2. The summed E-state index contributed by atoms with van der Waals surface area (Å²) in [6.07, 6.45) is -0.607. The third-order valence-corrected chi connectivity index (χ3v) is 1.88. The number of nitrogens with one attached hydrogen (secondary N) is 1. The number of alkyl carbamates (subject to hydrolysis) is 1. The molecule has 1 atom stereocenters. The van der Waals surface area contributed by atoms with Crippen molar-refractivity contribution in [3.05, 3.63) is 0 Å². The average Bonchev–Trinajstić information content (AvgIpc) is 2.11. The molecule has 0 radical (unpaired) electrons. The highest BCUT2D eigenvalue weighted by molar-refractivity contribution is 5.81. The molecule has 0 aromatic carbocycles. The summed E-state index contributed by atoms with van der Waals surface area (Å²) in [5, 5.41) is 2.52. The molecule has 1 amide bonds. The highest BCUT2D eigenvalue weighted by Gasteiger charge is 2.27. The van der Waals surface area contributed by atoms with Crippen LogP contribution in [0, 0.1) is 5.92 Å². The number of carbonyl (C=O) groups is 2. The summed E-state index contributed by atoms with van der Waals surface area (Å²) in [6, 6.07) is -0.676. The van der Waals surface area contributed by atoms with E-state index < -0.39 is 23.7 Å². The normalized spacial score (nSPS) is 13.1. The molecule has 17 heavy (non-hydrogen) atoms. The fourth-order valence-electron chi connectivity index (χ4n) is 1.16. The lowest BCUT2D eigenvalue weighted by Crippen LogP contribution is -2.47. The van der Waals surface area contributed by atoms with E-state index in [0.29, 0.717) is 0 Å². The zero-order chi connectivity index (χ0) is 13.6. The molecule has 0 aromatic heterocycles. The number of hydrogen-bond acceptors (Lipinski definition) is 4. The Hall–Kier alpha value is -1.26. The zero-order valence-electron chi connectivity index (χ0n) is 11.5. The van der Waals surface area contributed by atoms with Gasteiger partial charge in [0, 0.05) is 0 Å². The molecule has 1 N–H and O–H groups in total. The topological polar surface area (TPSA) is 64.6 Å². The molecule has 0 bridgehead atoms. The Morgan fingerprint density at radius 2 is 1.76 bits per heavy atom. The largest absolute Gasteiger partial charge is 0.464 e. The smallest absolute Gasteiger partial charge is 0.408 e. The summed E-state index contributed by atoms with van der Waals surface area (Å²) in [4.78, 5) is 23.1. The lowest BCUT2D eigenvalue weighted by Gasteiger charge is -2.24. The van der Waals surface area contributed by atoms with Crippen LogP contribution in [-0.2, 0) is 14.3 Å². The van der Waals surface area contributed by atoms with Crippen LogP contribution < -0.4 is 5.32 Å². The third-order valence-electron chi connectivity index (χ3n) is 1.88. The lowest BCUT2D eigenvalue weighted by atomic mass is 10.1. The Morgan fingerprint density at radius 1 is 1.24 bits per heavy atom. The highest BCUT2D eigenvalue weighted by atomic mass is 16.6. The molecule has 100 valence electrons. The first-order chi connectivity index (χ1) is 7.67. The minimum Gasteiger partial charge on any atom is -0.464 e. The van der Waals surface area contributed by atoms with Crippen LogP contribution in [0.5, 0.6) is 0 Å². The van der Waals surface area contributed by atoms with Gasteiger partial charge >= 0.3 is 12.1 Å². The molecule has 0 aliphatic heterocycles. The van der Waals surface area contributed by atoms with Gasteiger partial charge in [-0.1, -0.05) is 13.8 Å². The second-order valence-corrected chi connectivity index (χ2v) is 5.12. The van der Waals surface area contributed by atoms with Gasteiger partial charge in [0.05, 0.1) is 6.61 Å². The molecular formula is C12H23NO4. The van der Waals surface area contributed by atoms with Crippen molar-refractivity contribution < 1.29 is 19.1 Å². The van der Waals surface area contributed by atoms with Crippen LogP contribution in [0.4, 0.5) is 4.79 Å². The minimum atomic E-state index is -0.676. The number of amides is 1. The Morgan fingerprint density at radius 3 is 2.12 bits per heavy atom. The zero-order valence-corrected chi connectivity index (χ0v) is 11.5. The monoisotopic (exact) mass is 245 g/mol. The molecule has 0 aliphatic rings. The molecule has 0 saturated heterocycles. The Balaban J connectivity index is 4.46. The number of carbonyl (C=O) groups excluding carboxylic acids is 2. The van der Waals surface area contributed by atoms with E-state index in [0.717, 1.165) is 0 Å². The summed E-state index contributed by atoms with van der Waals surface area (Å²) in [7, 11) is 0. The van der Waals surface area contributed by atoms with E-state index in [2.05, 4.69) is 5.32 Å². The quantitative estimate of drug-likeness (QED) is 0.770.